The number of nitrogens with one attached hydrogen (secondary N) is 2. The van der Waals surface area contributed by atoms with E-state index in [1.807, 2.05) is 32.2 Å². The number of thioether (sulfide) groups is 1. The van der Waals surface area contributed by atoms with Gasteiger partial charge in [-0.05, 0) is 25.5 Å². The average Bonchev–Trinajstić information content (AvgIpc) is 2.79. The van der Waals surface area contributed by atoms with Gasteiger partial charge in [-0.25, -0.2) is 14.9 Å². The first kappa shape index (κ1) is 13.7. The quantitative estimate of drug-likeness (QED) is 0.787. The van der Waals surface area contributed by atoms with E-state index in [9.17, 15) is 4.79 Å². The van der Waals surface area contributed by atoms with E-state index in [2.05, 4.69) is 20.5 Å². The monoisotopic (exact) mass is 279 g/mol. The molecule has 19 heavy (non-hydrogen) atoms. The predicted molar refractivity (Wildman–Crippen MR) is 76.5 cm³/mol. The lowest BCUT2D eigenvalue weighted by Crippen LogP contribution is -2.16. The van der Waals surface area contributed by atoms with Crippen molar-refractivity contribution in [2.75, 3.05) is 11.9 Å². The molecule has 0 aromatic carbocycles. The van der Waals surface area contributed by atoms with Crippen LogP contribution in [0.3, 0.4) is 0 Å². The van der Waals surface area contributed by atoms with Gasteiger partial charge in [0.05, 0.1) is 0 Å². The number of hydrogen-bond acceptors (Lipinski definition) is 5. The Morgan fingerprint density at radius 2 is 2.26 bits per heavy atom. The van der Waals surface area contributed by atoms with Gasteiger partial charge in [0.15, 0.2) is 5.16 Å². The minimum Gasteiger partial charge on any atom is -0.370 e. The highest BCUT2D eigenvalue weighted by atomic mass is 32.2. The molecule has 0 aliphatic rings. The van der Waals surface area contributed by atoms with Gasteiger partial charge in [-0.3, -0.25) is 4.57 Å². The maximum atomic E-state index is 11.4. The molecular formula is C12H17N5OS. The summed E-state index contributed by atoms with van der Waals surface area (Å²) < 4.78 is 1.62. The van der Waals surface area contributed by atoms with Crippen molar-refractivity contribution in [3.63, 3.8) is 0 Å². The van der Waals surface area contributed by atoms with Crippen molar-refractivity contribution < 1.29 is 0 Å². The Labute approximate surface area is 115 Å². The second-order valence-electron chi connectivity index (χ2n) is 3.93. The molecule has 0 amide bonds. The minimum absolute atomic E-state index is 0.161. The smallest absolute Gasteiger partial charge is 0.343 e. The van der Waals surface area contributed by atoms with Crippen LogP contribution in [-0.2, 0) is 12.3 Å². The van der Waals surface area contributed by atoms with Gasteiger partial charge < -0.3 is 5.32 Å². The molecule has 0 unspecified atom stereocenters. The Balaban J connectivity index is 2.00. The number of hydrogen-bond donors (Lipinski definition) is 2. The van der Waals surface area contributed by atoms with E-state index in [4.69, 9.17) is 0 Å². The van der Waals surface area contributed by atoms with Gasteiger partial charge in [0.25, 0.3) is 0 Å². The van der Waals surface area contributed by atoms with E-state index in [-0.39, 0.29) is 5.69 Å². The Bertz CT molecular complexity index is 575. The van der Waals surface area contributed by atoms with Crippen molar-refractivity contribution in [2.24, 2.45) is 0 Å². The van der Waals surface area contributed by atoms with Crippen molar-refractivity contribution in [1.29, 1.82) is 0 Å². The largest absolute Gasteiger partial charge is 0.370 e. The van der Waals surface area contributed by atoms with Crippen LogP contribution in [0.15, 0.2) is 28.3 Å². The molecule has 2 N–H and O–H groups in total. The molecule has 0 saturated carbocycles. The highest BCUT2D eigenvalue weighted by Gasteiger charge is 2.07. The van der Waals surface area contributed by atoms with E-state index in [0.717, 1.165) is 23.7 Å². The Kier molecular flexibility index (Phi) is 4.62. The molecule has 0 aliphatic heterocycles. The minimum atomic E-state index is -0.161. The van der Waals surface area contributed by atoms with Crippen LogP contribution in [0.5, 0.6) is 0 Å². The summed E-state index contributed by atoms with van der Waals surface area (Å²) in [4.78, 5) is 15.7. The summed E-state index contributed by atoms with van der Waals surface area (Å²) in [5.41, 5.74) is 0.940. The molecule has 0 saturated heterocycles. The van der Waals surface area contributed by atoms with E-state index >= 15 is 0 Å². The maximum absolute atomic E-state index is 11.4. The molecule has 0 aliphatic carbocycles. The molecule has 0 spiro atoms. The summed E-state index contributed by atoms with van der Waals surface area (Å²) in [6.07, 6.45) is 1.84. The topological polar surface area (TPSA) is 75.6 Å². The number of rotatable bonds is 6. The number of pyridine rings is 1. The van der Waals surface area contributed by atoms with Crippen LogP contribution >= 0.6 is 11.8 Å². The van der Waals surface area contributed by atoms with E-state index < -0.39 is 0 Å². The molecular weight excluding hydrogens is 262 g/mol. The summed E-state index contributed by atoms with van der Waals surface area (Å²) >= 11 is 1.52. The number of aromatic nitrogens is 4. The molecule has 6 nitrogen and oxygen atoms in total. The Morgan fingerprint density at radius 1 is 1.42 bits per heavy atom. The van der Waals surface area contributed by atoms with Gasteiger partial charge in [-0.1, -0.05) is 17.8 Å². The maximum Gasteiger partial charge on any atom is 0.343 e. The number of aromatic amines is 1. The van der Waals surface area contributed by atoms with Gasteiger partial charge in [0.1, 0.15) is 5.82 Å². The van der Waals surface area contributed by atoms with Crippen molar-refractivity contribution in [3.05, 3.63) is 34.4 Å². The highest BCUT2D eigenvalue weighted by Crippen LogP contribution is 2.19. The second-order valence-corrected chi connectivity index (χ2v) is 4.87. The lowest BCUT2D eigenvalue weighted by atomic mass is 10.3. The van der Waals surface area contributed by atoms with Gasteiger partial charge in [0, 0.05) is 25.0 Å². The van der Waals surface area contributed by atoms with Crippen LogP contribution < -0.4 is 11.0 Å². The van der Waals surface area contributed by atoms with E-state index in [1.165, 1.54) is 11.8 Å². The zero-order valence-corrected chi connectivity index (χ0v) is 11.8. The van der Waals surface area contributed by atoms with Crippen molar-refractivity contribution in [2.45, 2.75) is 31.3 Å². The lowest BCUT2D eigenvalue weighted by Gasteiger charge is -2.04. The fraction of sp³-hybridized carbons (Fsp3) is 0.417. The third kappa shape index (κ3) is 3.37. The zero-order chi connectivity index (χ0) is 13.7. The molecule has 102 valence electrons. The van der Waals surface area contributed by atoms with Crippen LogP contribution in [0, 0.1) is 0 Å². The first-order valence-electron chi connectivity index (χ1n) is 6.21. The molecule has 2 heterocycles. The molecule has 0 atom stereocenters. The molecule has 2 aromatic heterocycles. The molecule has 7 heteroatoms. The summed E-state index contributed by atoms with van der Waals surface area (Å²) in [6, 6.07) is 3.98. The first-order chi connectivity index (χ1) is 9.24. The van der Waals surface area contributed by atoms with Crippen LogP contribution in [0.1, 0.15) is 19.4 Å². The molecule has 2 aromatic rings. The summed E-state index contributed by atoms with van der Waals surface area (Å²) in [5, 5.41) is 10.3. The predicted octanol–water partition coefficient (Wildman–Crippen LogP) is 1.71. The highest BCUT2D eigenvalue weighted by molar-refractivity contribution is 7.98. The van der Waals surface area contributed by atoms with E-state index in [0.29, 0.717) is 11.7 Å². The van der Waals surface area contributed by atoms with Crippen LogP contribution in [-0.4, -0.2) is 26.3 Å². The van der Waals surface area contributed by atoms with Crippen molar-refractivity contribution in [1.82, 2.24) is 19.7 Å². The zero-order valence-electron chi connectivity index (χ0n) is 11.0. The number of nitrogens with zero attached hydrogens (tertiary/aromatic N) is 3. The normalized spacial score (nSPS) is 10.6. The third-order valence-electron chi connectivity index (χ3n) is 2.59. The summed E-state index contributed by atoms with van der Waals surface area (Å²) in [5.74, 6) is 1.62. The van der Waals surface area contributed by atoms with Crippen LogP contribution in [0.2, 0.25) is 0 Å². The molecule has 0 radical (unpaired) electrons. The van der Waals surface area contributed by atoms with E-state index in [1.54, 1.807) is 4.57 Å². The summed E-state index contributed by atoms with van der Waals surface area (Å²) in [7, 11) is 0. The number of anilines is 1. The van der Waals surface area contributed by atoms with Gasteiger partial charge in [-0.15, -0.1) is 5.10 Å². The standard InChI is InChI=1S/C12H17N5OS/c1-3-13-10-6-5-9(7-14-10)8-19-12-16-15-11(18)17(12)4-2/h5-7H,3-4,8H2,1-2H3,(H,13,14)(H,15,18). The SMILES string of the molecule is CCNc1ccc(CSc2n[nH]c(=O)n2CC)cn1. The Hall–Kier alpha value is -1.76. The van der Waals surface area contributed by atoms with Crippen LogP contribution in [0.25, 0.3) is 0 Å². The average molecular weight is 279 g/mol. The van der Waals surface area contributed by atoms with Gasteiger partial charge >= 0.3 is 5.69 Å². The lowest BCUT2D eigenvalue weighted by molar-refractivity contribution is 0.660. The molecule has 0 fully saturated rings. The molecule has 2 rings (SSSR count). The van der Waals surface area contributed by atoms with Crippen molar-refractivity contribution >= 4 is 17.6 Å². The van der Waals surface area contributed by atoms with Crippen molar-refractivity contribution in [3.8, 4) is 0 Å². The Morgan fingerprint density at radius 3 is 2.89 bits per heavy atom. The third-order valence-corrected chi connectivity index (χ3v) is 3.64. The fourth-order valence-electron chi connectivity index (χ4n) is 1.64. The second kappa shape index (κ2) is 6.42. The van der Waals surface area contributed by atoms with Gasteiger partial charge in [-0.2, -0.15) is 0 Å². The van der Waals surface area contributed by atoms with Crippen LogP contribution in [0.4, 0.5) is 5.82 Å². The molecule has 0 bridgehead atoms. The number of H-pyrrole nitrogens is 1. The first-order valence-corrected chi connectivity index (χ1v) is 7.20. The fourth-order valence-corrected chi connectivity index (χ4v) is 2.58. The summed E-state index contributed by atoms with van der Waals surface area (Å²) in [6.45, 7) is 5.44. The van der Waals surface area contributed by atoms with Gasteiger partial charge in [0.2, 0.25) is 0 Å².